The summed E-state index contributed by atoms with van der Waals surface area (Å²) in [5.74, 6) is -0.476. The van der Waals surface area contributed by atoms with Crippen molar-refractivity contribution in [2.24, 2.45) is 5.92 Å². The van der Waals surface area contributed by atoms with Gasteiger partial charge in [-0.1, -0.05) is 40.5 Å². The number of alkyl halides is 1. The van der Waals surface area contributed by atoms with E-state index in [4.69, 9.17) is 11.6 Å². The van der Waals surface area contributed by atoms with E-state index >= 15 is 0 Å². The smallest absolute Gasteiger partial charge is 0.257 e. The third kappa shape index (κ3) is 2.41. The standard InChI is InChI=1S/C13H14BrClFNO/c1-8-5-6-17(11(8)7-14)13(18)9-3-2-4-10(15)12(9)16/h2-4,8,11H,5-7H2,1H3. The molecule has 2 unspecified atom stereocenters. The Hall–Kier alpha value is -0.610. The van der Waals surface area contributed by atoms with Crippen molar-refractivity contribution in [2.45, 2.75) is 19.4 Å². The van der Waals surface area contributed by atoms with Gasteiger partial charge in [0.25, 0.3) is 5.91 Å². The number of hydrogen-bond donors (Lipinski definition) is 0. The van der Waals surface area contributed by atoms with Gasteiger partial charge in [-0.05, 0) is 24.5 Å². The topological polar surface area (TPSA) is 20.3 Å². The number of amides is 1. The molecule has 5 heteroatoms. The maximum Gasteiger partial charge on any atom is 0.257 e. The average molecular weight is 335 g/mol. The predicted octanol–water partition coefficient (Wildman–Crippen LogP) is 3.72. The first-order valence-electron chi connectivity index (χ1n) is 5.87. The fourth-order valence-corrected chi connectivity index (χ4v) is 3.48. The van der Waals surface area contributed by atoms with Crippen LogP contribution in [0.3, 0.4) is 0 Å². The Morgan fingerprint density at radius 2 is 2.33 bits per heavy atom. The number of benzene rings is 1. The van der Waals surface area contributed by atoms with Crippen molar-refractivity contribution >= 4 is 33.4 Å². The molecule has 0 saturated carbocycles. The third-order valence-corrected chi connectivity index (χ3v) is 4.44. The van der Waals surface area contributed by atoms with Gasteiger partial charge in [-0.3, -0.25) is 4.79 Å². The Morgan fingerprint density at radius 1 is 1.61 bits per heavy atom. The molecule has 1 heterocycles. The highest BCUT2D eigenvalue weighted by atomic mass is 79.9. The number of hydrogen-bond acceptors (Lipinski definition) is 1. The first-order valence-corrected chi connectivity index (χ1v) is 7.37. The number of likely N-dealkylation sites (tertiary alicyclic amines) is 1. The molecule has 0 radical (unpaired) electrons. The molecule has 0 aliphatic carbocycles. The number of nitrogens with zero attached hydrogens (tertiary/aromatic N) is 1. The molecule has 0 aromatic heterocycles. The molecule has 98 valence electrons. The van der Waals surface area contributed by atoms with Crippen molar-refractivity contribution in [2.75, 3.05) is 11.9 Å². The molecular formula is C13H14BrClFNO. The SMILES string of the molecule is CC1CCN(C(=O)c2cccc(Cl)c2F)C1CBr. The lowest BCUT2D eigenvalue weighted by molar-refractivity contribution is 0.0734. The molecule has 1 saturated heterocycles. The van der Waals surface area contributed by atoms with Gasteiger partial charge in [0.05, 0.1) is 10.6 Å². The van der Waals surface area contributed by atoms with Crippen LogP contribution in [0.25, 0.3) is 0 Å². The van der Waals surface area contributed by atoms with Crippen LogP contribution in [0.15, 0.2) is 18.2 Å². The van der Waals surface area contributed by atoms with E-state index in [1.165, 1.54) is 12.1 Å². The lowest BCUT2D eigenvalue weighted by Crippen LogP contribution is -2.39. The van der Waals surface area contributed by atoms with Crippen LogP contribution in [0.1, 0.15) is 23.7 Å². The quantitative estimate of drug-likeness (QED) is 0.755. The minimum absolute atomic E-state index is 0.0107. The molecule has 1 aliphatic heterocycles. The zero-order valence-electron chi connectivity index (χ0n) is 10.00. The second-order valence-electron chi connectivity index (χ2n) is 4.59. The van der Waals surface area contributed by atoms with E-state index in [1.54, 1.807) is 11.0 Å². The highest BCUT2D eigenvalue weighted by Gasteiger charge is 2.35. The van der Waals surface area contributed by atoms with E-state index in [-0.39, 0.29) is 22.5 Å². The summed E-state index contributed by atoms with van der Waals surface area (Å²) in [5, 5.41) is 0.700. The van der Waals surface area contributed by atoms with Crippen LogP contribution >= 0.6 is 27.5 Å². The van der Waals surface area contributed by atoms with Crippen LogP contribution in [0.5, 0.6) is 0 Å². The van der Waals surface area contributed by atoms with Crippen LogP contribution in [-0.2, 0) is 0 Å². The van der Waals surface area contributed by atoms with Crippen LogP contribution < -0.4 is 0 Å². The van der Waals surface area contributed by atoms with Crippen molar-refractivity contribution in [3.05, 3.63) is 34.6 Å². The summed E-state index contributed by atoms with van der Waals surface area (Å²) in [5.41, 5.74) is 0.0579. The zero-order valence-corrected chi connectivity index (χ0v) is 12.3. The Kier molecular flexibility index (Phi) is 4.28. The van der Waals surface area contributed by atoms with Gasteiger partial charge in [-0.25, -0.2) is 4.39 Å². The van der Waals surface area contributed by atoms with E-state index in [0.29, 0.717) is 17.8 Å². The van der Waals surface area contributed by atoms with Crippen molar-refractivity contribution in [3.8, 4) is 0 Å². The Labute approximate surface area is 119 Å². The molecule has 1 aromatic rings. The first kappa shape index (κ1) is 13.8. The molecule has 1 fully saturated rings. The van der Waals surface area contributed by atoms with Gasteiger partial charge in [0.15, 0.2) is 5.82 Å². The highest BCUT2D eigenvalue weighted by Crippen LogP contribution is 2.28. The van der Waals surface area contributed by atoms with Crippen molar-refractivity contribution in [3.63, 3.8) is 0 Å². The van der Waals surface area contributed by atoms with Crippen LogP contribution in [-0.4, -0.2) is 28.7 Å². The number of carbonyl (C=O) groups excluding carboxylic acids is 1. The van der Waals surface area contributed by atoms with Gasteiger partial charge in [-0.15, -0.1) is 0 Å². The van der Waals surface area contributed by atoms with E-state index in [1.807, 2.05) is 0 Å². The molecule has 1 aliphatic rings. The maximum atomic E-state index is 13.8. The zero-order chi connectivity index (χ0) is 13.3. The largest absolute Gasteiger partial charge is 0.334 e. The van der Waals surface area contributed by atoms with Gasteiger partial charge in [-0.2, -0.15) is 0 Å². The van der Waals surface area contributed by atoms with Gasteiger partial charge in [0, 0.05) is 17.9 Å². The summed E-state index contributed by atoms with van der Waals surface area (Å²) in [6.45, 7) is 2.77. The molecule has 1 amide bonds. The fraction of sp³-hybridized carbons (Fsp3) is 0.462. The van der Waals surface area contributed by atoms with Crippen LogP contribution in [0.2, 0.25) is 5.02 Å². The lowest BCUT2D eigenvalue weighted by Gasteiger charge is -2.25. The summed E-state index contributed by atoms with van der Waals surface area (Å²) in [6, 6.07) is 4.65. The minimum atomic E-state index is -0.628. The van der Waals surface area contributed by atoms with E-state index < -0.39 is 5.82 Å². The second kappa shape index (κ2) is 5.57. The summed E-state index contributed by atoms with van der Waals surface area (Å²) in [4.78, 5) is 14.1. The van der Waals surface area contributed by atoms with Gasteiger partial charge < -0.3 is 4.90 Å². The van der Waals surface area contributed by atoms with Gasteiger partial charge in [0.1, 0.15) is 0 Å². The first-order chi connectivity index (χ1) is 8.56. The van der Waals surface area contributed by atoms with Gasteiger partial charge in [0.2, 0.25) is 0 Å². The molecule has 2 atom stereocenters. The fourth-order valence-electron chi connectivity index (χ4n) is 2.32. The Balaban J connectivity index is 2.29. The van der Waals surface area contributed by atoms with E-state index in [9.17, 15) is 9.18 Å². The average Bonchev–Trinajstić information content (AvgIpc) is 2.73. The molecule has 0 N–H and O–H groups in total. The Bertz CT molecular complexity index is 468. The molecule has 2 rings (SSSR count). The van der Waals surface area contributed by atoms with E-state index in [2.05, 4.69) is 22.9 Å². The Morgan fingerprint density at radius 3 is 3.00 bits per heavy atom. The normalized spacial score (nSPS) is 23.4. The molecule has 0 bridgehead atoms. The summed E-state index contributed by atoms with van der Waals surface area (Å²) in [6.07, 6.45) is 0.949. The van der Waals surface area contributed by atoms with Crippen molar-refractivity contribution in [1.29, 1.82) is 0 Å². The summed E-state index contributed by atoms with van der Waals surface area (Å²) < 4.78 is 13.8. The molecule has 0 spiro atoms. The monoisotopic (exact) mass is 333 g/mol. The molecule has 2 nitrogen and oxygen atoms in total. The number of carbonyl (C=O) groups is 1. The summed E-state index contributed by atoms with van der Waals surface area (Å²) in [7, 11) is 0. The van der Waals surface area contributed by atoms with Crippen LogP contribution in [0.4, 0.5) is 4.39 Å². The lowest BCUT2D eigenvalue weighted by atomic mass is 10.0. The summed E-state index contributed by atoms with van der Waals surface area (Å²) >= 11 is 9.13. The molecule has 1 aromatic carbocycles. The molecule has 18 heavy (non-hydrogen) atoms. The van der Waals surface area contributed by atoms with Crippen LogP contribution in [0, 0.1) is 11.7 Å². The number of rotatable bonds is 2. The van der Waals surface area contributed by atoms with Gasteiger partial charge >= 0.3 is 0 Å². The predicted molar refractivity (Wildman–Crippen MR) is 73.8 cm³/mol. The number of halogens is 3. The maximum absolute atomic E-state index is 13.8. The second-order valence-corrected chi connectivity index (χ2v) is 5.64. The van der Waals surface area contributed by atoms with Crippen molar-refractivity contribution < 1.29 is 9.18 Å². The minimum Gasteiger partial charge on any atom is -0.334 e. The highest BCUT2D eigenvalue weighted by molar-refractivity contribution is 9.09. The molecular weight excluding hydrogens is 321 g/mol. The van der Waals surface area contributed by atoms with E-state index in [0.717, 1.165) is 6.42 Å². The third-order valence-electron chi connectivity index (χ3n) is 3.48. The van der Waals surface area contributed by atoms with Crippen molar-refractivity contribution in [1.82, 2.24) is 4.90 Å².